The number of aliphatic carboxylic acids is 1. The number of aryl methyl sites for hydroxylation is 1. The van der Waals surface area contributed by atoms with Crippen LogP contribution in [0.5, 0.6) is 0 Å². The van der Waals surface area contributed by atoms with Crippen molar-refractivity contribution in [2.45, 2.75) is 32.7 Å². The first kappa shape index (κ1) is 14.2. The molecule has 2 rings (SSSR count). The van der Waals surface area contributed by atoms with E-state index in [9.17, 15) is 9.90 Å². The monoisotopic (exact) mass is 300 g/mol. The number of fused-ring (bicyclic) bond motifs is 1. The molecule has 0 saturated carbocycles. The summed E-state index contributed by atoms with van der Waals surface area (Å²) in [6.45, 7) is 3.65. The second-order valence-electron chi connectivity index (χ2n) is 4.42. The Bertz CT molecular complexity index is 637. The van der Waals surface area contributed by atoms with Gasteiger partial charge in [-0.1, -0.05) is 30.1 Å². The van der Waals surface area contributed by atoms with Gasteiger partial charge in [0.15, 0.2) is 0 Å². The van der Waals surface area contributed by atoms with Gasteiger partial charge in [-0.05, 0) is 25.5 Å². The number of rotatable bonds is 4. The summed E-state index contributed by atoms with van der Waals surface area (Å²) in [5.74, 6) is -0.159. The van der Waals surface area contributed by atoms with E-state index in [0.717, 1.165) is 12.2 Å². The molecule has 4 nitrogen and oxygen atoms in total. The molecule has 0 radical (unpaired) electrons. The summed E-state index contributed by atoms with van der Waals surface area (Å²) >= 11 is 12.0. The van der Waals surface area contributed by atoms with Crippen molar-refractivity contribution in [3.8, 4) is 0 Å². The van der Waals surface area contributed by atoms with Crippen molar-refractivity contribution in [2.24, 2.45) is 0 Å². The van der Waals surface area contributed by atoms with Gasteiger partial charge >= 0.3 is 5.97 Å². The molecule has 1 atom stereocenters. The molecule has 1 unspecified atom stereocenters. The average Bonchev–Trinajstić information content (AvgIpc) is 2.66. The predicted octanol–water partition coefficient (Wildman–Crippen LogP) is 3.94. The van der Waals surface area contributed by atoms with Crippen molar-refractivity contribution in [2.75, 3.05) is 0 Å². The largest absolute Gasteiger partial charge is 0.480 e. The molecule has 102 valence electrons. The van der Waals surface area contributed by atoms with Gasteiger partial charge in [0.2, 0.25) is 0 Å². The molecule has 6 heteroatoms. The number of carbonyl (C=O) groups is 1. The smallest absolute Gasteiger partial charge is 0.326 e. The molecule has 0 saturated heterocycles. The molecule has 1 N–H and O–H groups in total. The molecule has 19 heavy (non-hydrogen) atoms. The number of carboxylic acids is 1. The predicted molar refractivity (Wildman–Crippen MR) is 76.1 cm³/mol. The zero-order valence-corrected chi connectivity index (χ0v) is 12.2. The molecule has 0 spiro atoms. The highest BCUT2D eigenvalue weighted by Crippen LogP contribution is 2.30. The Morgan fingerprint density at radius 3 is 2.63 bits per heavy atom. The van der Waals surface area contributed by atoms with Crippen molar-refractivity contribution < 1.29 is 9.90 Å². The lowest BCUT2D eigenvalue weighted by Crippen LogP contribution is -2.17. The number of carboxylic acid groups (broad SMARTS) is 1. The highest BCUT2D eigenvalue weighted by atomic mass is 35.5. The molecule has 2 aromatic rings. The van der Waals surface area contributed by atoms with Gasteiger partial charge in [0, 0.05) is 6.42 Å². The Morgan fingerprint density at radius 1 is 1.42 bits per heavy atom. The fraction of sp³-hybridized carbons (Fsp3) is 0.385. The van der Waals surface area contributed by atoms with Crippen molar-refractivity contribution in [1.82, 2.24) is 9.55 Å². The lowest BCUT2D eigenvalue weighted by atomic mass is 10.2. The van der Waals surface area contributed by atoms with Crippen LogP contribution in [0.1, 0.15) is 32.1 Å². The van der Waals surface area contributed by atoms with Gasteiger partial charge in [-0.2, -0.15) is 0 Å². The Morgan fingerprint density at radius 2 is 2.05 bits per heavy atom. The first-order valence-corrected chi connectivity index (χ1v) is 6.80. The van der Waals surface area contributed by atoms with Crippen LogP contribution in [0.25, 0.3) is 11.0 Å². The van der Waals surface area contributed by atoms with Crippen molar-refractivity contribution >= 4 is 40.2 Å². The van der Waals surface area contributed by atoms with Gasteiger partial charge in [0.1, 0.15) is 11.9 Å². The van der Waals surface area contributed by atoms with Crippen LogP contribution < -0.4 is 0 Å². The quantitative estimate of drug-likeness (QED) is 0.930. The molecule has 0 fully saturated rings. The lowest BCUT2D eigenvalue weighted by molar-refractivity contribution is -0.140. The SMILES string of the molecule is CCCc1nc2cc(Cl)c(Cl)cc2n1C(C)C(=O)O. The number of aromatic nitrogens is 2. The molecule has 0 aliphatic rings. The van der Waals surface area contributed by atoms with Gasteiger partial charge in [-0.15, -0.1) is 0 Å². The Labute approximate surface area is 121 Å². The van der Waals surface area contributed by atoms with Crippen molar-refractivity contribution in [1.29, 1.82) is 0 Å². The minimum absolute atomic E-state index is 0.399. The van der Waals surface area contributed by atoms with E-state index >= 15 is 0 Å². The van der Waals surface area contributed by atoms with Crippen LogP contribution in [0.4, 0.5) is 0 Å². The third-order valence-corrected chi connectivity index (χ3v) is 3.75. The topological polar surface area (TPSA) is 55.1 Å². The summed E-state index contributed by atoms with van der Waals surface area (Å²) in [5.41, 5.74) is 1.37. The Kier molecular flexibility index (Phi) is 4.02. The van der Waals surface area contributed by atoms with Gasteiger partial charge in [0.25, 0.3) is 0 Å². The molecule has 1 aromatic carbocycles. The molecule has 1 heterocycles. The molecule has 0 aliphatic carbocycles. The van der Waals surface area contributed by atoms with Crippen molar-refractivity contribution in [3.05, 3.63) is 28.0 Å². The second-order valence-corrected chi connectivity index (χ2v) is 5.23. The number of halogens is 2. The zero-order chi connectivity index (χ0) is 14.2. The van der Waals surface area contributed by atoms with Crippen molar-refractivity contribution in [3.63, 3.8) is 0 Å². The van der Waals surface area contributed by atoms with Gasteiger partial charge in [0.05, 0.1) is 21.1 Å². The van der Waals surface area contributed by atoms with E-state index in [1.165, 1.54) is 0 Å². The Balaban J connectivity index is 2.72. The fourth-order valence-electron chi connectivity index (χ4n) is 2.08. The van der Waals surface area contributed by atoms with Crippen LogP contribution in [0.2, 0.25) is 10.0 Å². The minimum Gasteiger partial charge on any atom is -0.480 e. The van der Waals surface area contributed by atoms with E-state index in [-0.39, 0.29) is 0 Å². The third-order valence-electron chi connectivity index (χ3n) is 3.02. The number of imidazole rings is 1. The summed E-state index contributed by atoms with van der Waals surface area (Å²) in [6, 6.07) is 2.65. The molecule has 0 bridgehead atoms. The number of hydrogen-bond acceptors (Lipinski definition) is 2. The standard InChI is InChI=1S/C13H14Cl2N2O2/c1-3-4-12-16-10-5-8(14)9(15)6-11(10)17(12)7(2)13(18)19/h5-7H,3-4H2,1-2H3,(H,18,19). The van der Waals surface area contributed by atoms with Crippen LogP contribution in [0, 0.1) is 0 Å². The van der Waals surface area contributed by atoms with Gasteiger partial charge in [-0.3, -0.25) is 0 Å². The molecule has 0 amide bonds. The average molecular weight is 301 g/mol. The summed E-state index contributed by atoms with van der Waals surface area (Å²) in [4.78, 5) is 15.7. The maximum atomic E-state index is 11.2. The van der Waals surface area contributed by atoms with E-state index in [1.807, 2.05) is 6.92 Å². The summed E-state index contributed by atoms with van der Waals surface area (Å²) in [5, 5.41) is 10.0. The van der Waals surface area contributed by atoms with Gasteiger partial charge in [-0.25, -0.2) is 9.78 Å². The maximum absolute atomic E-state index is 11.2. The third kappa shape index (κ3) is 2.55. The lowest BCUT2D eigenvalue weighted by Gasteiger charge is -2.13. The van der Waals surface area contributed by atoms with E-state index in [4.69, 9.17) is 23.2 Å². The van der Waals surface area contributed by atoms with Crippen LogP contribution in [0.15, 0.2) is 12.1 Å². The zero-order valence-electron chi connectivity index (χ0n) is 10.7. The van der Waals surface area contributed by atoms with Crippen LogP contribution in [0.3, 0.4) is 0 Å². The summed E-state index contributed by atoms with van der Waals surface area (Å²) < 4.78 is 1.71. The van der Waals surface area contributed by atoms with E-state index in [2.05, 4.69) is 4.98 Å². The van der Waals surface area contributed by atoms with E-state index < -0.39 is 12.0 Å². The summed E-state index contributed by atoms with van der Waals surface area (Å²) in [7, 11) is 0. The van der Waals surface area contributed by atoms with E-state index in [1.54, 1.807) is 23.6 Å². The molecule has 0 aliphatic heterocycles. The Hall–Kier alpha value is -1.26. The first-order chi connectivity index (χ1) is 8.95. The van der Waals surface area contributed by atoms with Crippen LogP contribution >= 0.6 is 23.2 Å². The molecule has 1 aromatic heterocycles. The minimum atomic E-state index is -0.900. The summed E-state index contributed by atoms with van der Waals surface area (Å²) in [6.07, 6.45) is 1.60. The van der Waals surface area contributed by atoms with Gasteiger partial charge < -0.3 is 9.67 Å². The molecular weight excluding hydrogens is 287 g/mol. The molecular formula is C13H14Cl2N2O2. The first-order valence-electron chi connectivity index (χ1n) is 6.04. The van der Waals surface area contributed by atoms with E-state index in [0.29, 0.717) is 27.5 Å². The fourth-order valence-corrected chi connectivity index (χ4v) is 2.40. The number of nitrogens with zero attached hydrogens (tertiary/aromatic N) is 2. The highest BCUT2D eigenvalue weighted by Gasteiger charge is 2.21. The van der Waals surface area contributed by atoms with Crippen LogP contribution in [-0.4, -0.2) is 20.6 Å². The second kappa shape index (κ2) is 5.39. The van der Waals surface area contributed by atoms with Crippen LogP contribution in [-0.2, 0) is 11.2 Å². The highest BCUT2D eigenvalue weighted by molar-refractivity contribution is 6.42. The maximum Gasteiger partial charge on any atom is 0.326 e. The number of benzene rings is 1. The normalized spacial score (nSPS) is 12.8. The number of hydrogen-bond donors (Lipinski definition) is 1.